The molecule has 1 N–H and O–H groups in total. The Hall–Kier alpha value is -1.98. The number of hydrogen-bond donors (Lipinski definition) is 1. The largest absolute Gasteiger partial charge is 0.285 e. The number of aryl methyl sites for hydroxylation is 2. The number of rotatable bonds is 2. The molecule has 0 spiro atoms. The van der Waals surface area contributed by atoms with E-state index in [9.17, 15) is 0 Å². The minimum atomic E-state index is 0.647. The van der Waals surface area contributed by atoms with E-state index in [0.29, 0.717) is 11.5 Å². The van der Waals surface area contributed by atoms with Crippen molar-refractivity contribution < 1.29 is 0 Å². The molecule has 2 heterocycles. The number of hydrogen-bond acceptors (Lipinski definition) is 4. The summed E-state index contributed by atoms with van der Waals surface area (Å²) in [6.45, 7) is 3.96. The fraction of sp³-hybridized carbons (Fsp3) is 0.400. The third-order valence-electron chi connectivity index (χ3n) is 2.15. The molecule has 0 aliphatic heterocycles. The van der Waals surface area contributed by atoms with Gasteiger partial charge >= 0.3 is 0 Å². The highest BCUT2D eigenvalue weighted by atomic mass is 15.5. The van der Waals surface area contributed by atoms with Crippen LogP contribution in [-0.4, -0.2) is 34.3 Å². The van der Waals surface area contributed by atoms with Gasteiger partial charge in [0.15, 0.2) is 11.5 Å². The normalized spacial score (nSPS) is 11.5. The molecule has 16 heavy (non-hydrogen) atoms. The fourth-order valence-electron chi connectivity index (χ4n) is 1.56. The summed E-state index contributed by atoms with van der Waals surface area (Å²) in [5.74, 6) is 0.647. The minimum Gasteiger partial charge on any atom is -0.285 e. The summed E-state index contributed by atoms with van der Waals surface area (Å²) < 4.78 is 0. The SMILES string of the molecule is Cc1cc(C)c2c(/N=N/N(C)C)[nH]nc2n1. The Morgan fingerprint density at radius 3 is 2.75 bits per heavy atom. The number of aromatic amines is 1. The van der Waals surface area contributed by atoms with Crippen molar-refractivity contribution in [3.63, 3.8) is 0 Å². The average molecular weight is 218 g/mol. The molecular formula is C10H14N6. The maximum absolute atomic E-state index is 4.33. The first-order valence-corrected chi connectivity index (χ1v) is 4.99. The summed E-state index contributed by atoms with van der Waals surface area (Å²) in [4.78, 5) is 4.33. The minimum absolute atomic E-state index is 0.647. The van der Waals surface area contributed by atoms with Crippen LogP contribution in [0.25, 0.3) is 11.0 Å². The Bertz CT molecular complexity index is 539. The van der Waals surface area contributed by atoms with Gasteiger partial charge in [-0.25, -0.2) is 4.98 Å². The lowest BCUT2D eigenvalue weighted by Crippen LogP contribution is -1.98. The fourth-order valence-corrected chi connectivity index (χ4v) is 1.56. The highest BCUT2D eigenvalue weighted by Crippen LogP contribution is 2.25. The van der Waals surface area contributed by atoms with Crippen LogP contribution in [0.3, 0.4) is 0 Å². The lowest BCUT2D eigenvalue weighted by atomic mass is 10.2. The Morgan fingerprint density at radius 2 is 2.06 bits per heavy atom. The van der Waals surface area contributed by atoms with E-state index in [2.05, 4.69) is 25.5 Å². The molecule has 0 bridgehead atoms. The Kier molecular flexibility index (Phi) is 2.55. The maximum Gasteiger partial charge on any atom is 0.183 e. The number of H-pyrrole nitrogens is 1. The van der Waals surface area contributed by atoms with Crippen LogP contribution >= 0.6 is 0 Å². The van der Waals surface area contributed by atoms with E-state index in [4.69, 9.17) is 0 Å². The van der Waals surface area contributed by atoms with Crippen LogP contribution < -0.4 is 0 Å². The molecule has 0 aliphatic carbocycles. The smallest absolute Gasteiger partial charge is 0.183 e. The Labute approximate surface area is 93.4 Å². The van der Waals surface area contributed by atoms with Gasteiger partial charge in [-0.2, -0.15) is 5.10 Å². The first kappa shape index (κ1) is 10.5. The molecule has 84 valence electrons. The maximum atomic E-state index is 4.33. The molecule has 6 nitrogen and oxygen atoms in total. The first-order chi connectivity index (χ1) is 7.58. The number of nitrogens with zero attached hydrogens (tertiary/aromatic N) is 5. The highest BCUT2D eigenvalue weighted by Gasteiger charge is 2.09. The third kappa shape index (κ3) is 1.86. The molecule has 0 aromatic carbocycles. The zero-order valence-electron chi connectivity index (χ0n) is 9.81. The van der Waals surface area contributed by atoms with Crippen molar-refractivity contribution in [1.29, 1.82) is 0 Å². The van der Waals surface area contributed by atoms with Crippen molar-refractivity contribution in [3.05, 3.63) is 17.3 Å². The van der Waals surface area contributed by atoms with Crippen LogP contribution in [0.15, 0.2) is 16.4 Å². The van der Waals surface area contributed by atoms with Crippen molar-refractivity contribution in [2.75, 3.05) is 14.1 Å². The molecule has 2 rings (SSSR count). The third-order valence-corrected chi connectivity index (χ3v) is 2.15. The summed E-state index contributed by atoms with van der Waals surface area (Å²) in [5, 5.41) is 17.5. The van der Waals surface area contributed by atoms with Crippen LogP contribution in [0, 0.1) is 13.8 Å². The highest BCUT2D eigenvalue weighted by molar-refractivity contribution is 5.88. The molecule has 6 heteroatoms. The second-order valence-corrected chi connectivity index (χ2v) is 3.89. The molecule has 0 amide bonds. The molecule has 0 saturated carbocycles. The summed E-state index contributed by atoms with van der Waals surface area (Å²) >= 11 is 0. The van der Waals surface area contributed by atoms with Crippen molar-refractivity contribution in [3.8, 4) is 0 Å². The Balaban J connectivity index is 2.56. The van der Waals surface area contributed by atoms with Crippen LogP contribution in [0.4, 0.5) is 5.82 Å². The molecule has 0 atom stereocenters. The van der Waals surface area contributed by atoms with Crippen LogP contribution in [0.2, 0.25) is 0 Å². The number of aromatic nitrogens is 3. The van der Waals surface area contributed by atoms with Crippen molar-refractivity contribution in [1.82, 2.24) is 20.2 Å². The first-order valence-electron chi connectivity index (χ1n) is 4.99. The number of pyridine rings is 1. The predicted molar refractivity (Wildman–Crippen MR) is 61.6 cm³/mol. The van der Waals surface area contributed by atoms with Gasteiger partial charge in [0.05, 0.1) is 5.39 Å². The molecule has 0 fully saturated rings. The van der Waals surface area contributed by atoms with Gasteiger partial charge < -0.3 is 0 Å². The Morgan fingerprint density at radius 1 is 1.31 bits per heavy atom. The lowest BCUT2D eigenvalue weighted by molar-refractivity contribution is 0.408. The zero-order chi connectivity index (χ0) is 11.7. The molecule has 0 radical (unpaired) electrons. The lowest BCUT2D eigenvalue weighted by Gasteiger charge is -2.00. The van der Waals surface area contributed by atoms with E-state index in [-0.39, 0.29) is 0 Å². The van der Waals surface area contributed by atoms with Crippen molar-refractivity contribution in [2.45, 2.75) is 13.8 Å². The monoisotopic (exact) mass is 218 g/mol. The number of nitrogens with one attached hydrogen (secondary N) is 1. The van der Waals surface area contributed by atoms with Crippen LogP contribution in [0.5, 0.6) is 0 Å². The summed E-state index contributed by atoms with van der Waals surface area (Å²) in [6.07, 6.45) is 0. The second-order valence-electron chi connectivity index (χ2n) is 3.89. The summed E-state index contributed by atoms with van der Waals surface area (Å²) in [6, 6.07) is 2.01. The quantitative estimate of drug-likeness (QED) is 0.620. The standard InChI is InChI=1S/C10H14N6/c1-6-5-7(2)11-9-8(6)10(13-12-9)14-15-16(3)4/h5H,1-4H3,(H,11,12,13)/b15-14+. The van der Waals surface area contributed by atoms with Crippen LogP contribution in [0.1, 0.15) is 11.3 Å². The van der Waals surface area contributed by atoms with Crippen molar-refractivity contribution in [2.24, 2.45) is 10.3 Å². The van der Waals surface area contributed by atoms with E-state index in [1.54, 1.807) is 5.01 Å². The molecular weight excluding hydrogens is 204 g/mol. The van der Waals surface area contributed by atoms with Gasteiger partial charge in [-0.1, -0.05) is 5.22 Å². The molecule has 2 aromatic rings. The van der Waals surface area contributed by atoms with Crippen molar-refractivity contribution >= 4 is 16.9 Å². The van der Waals surface area contributed by atoms with E-state index < -0.39 is 0 Å². The van der Waals surface area contributed by atoms with E-state index in [0.717, 1.165) is 16.6 Å². The van der Waals surface area contributed by atoms with Gasteiger partial charge in [0.25, 0.3) is 0 Å². The average Bonchev–Trinajstić information content (AvgIpc) is 2.57. The molecule has 2 aromatic heterocycles. The topological polar surface area (TPSA) is 69.5 Å². The van der Waals surface area contributed by atoms with Gasteiger partial charge in [-0.05, 0) is 25.5 Å². The van der Waals surface area contributed by atoms with Gasteiger partial charge in [0.2, 0.25) is 0 Å². The van der Waals surface area contributed by atoms with E-state index >= 15 is 0 Å². The number of fused-ring (bicyclic) bond motifs is 1. The zero-order valence-corrected chi connectivity index (χ0v) is 9.81. The summed E-state index contributed by atoms with van der Waals surface area (Å²) in [5.41, 5.74) is 2.74. The van der Waals surface area contributed by atoms with Crippen LogP contribution in [-0.2, 0) is 0 Å². The van der Waals surface area contributed by atoms with E-state index in [1.807, 2.05) is 34.0 Å². The molecule has 0 unspecified atom stereocenters. The van der Waals surface area contributed by atoms with Gasteiger partial charge in [0, 0.05) is 19.8 Å². The predicted octanol–water partition coefficient (Wildman–Crippen LogP) is 2.14. The van der Waals surface area contributed by atoms with Gasteiger partial charge in [0.1, 0.15) is 0 Å². The second kappa shape index (κ2) is 3.88. The summed E-state index contributed by atoms with van der Waals surface area (Å²) in [7, 11) is 3.63. The van der Waals surface area contributed by atoms with E-state index in [1.165, 1.54) is 0 Å². The molecule has 0 saturated heterocycles. The van der Waals surface area contributed by atoms with Gasteiger partial charge in [-0.15, -0.1) is 5.11 Å². The van der Waals surface area contributed by atoms with Gasteiger partial charge in [-0.3, -0.25) is 10.1 Å². The molecule has 0 aliphatic rings.